The van der Waals surface area contributed by atoms with Gasteiger partial charge in [0.1, 0.15) is 0 Å². The molecule has 0 heterocycles. The van der Waals surface area contributed by atoms with Crippen LogP contribution in [0.2, 0.25) is 0 Å². The van der Waals surface area contributed by atoms with Crippen LogP contribution in [-0.4, -0.2) is 6.54 Å². The summed E-state index contributed by atoms with van der Waals surface area (Å²) in [5.41, 5.74) is 0.225. The second-order valence-corrected chi connectivity index (χ2v) is 3.97. The predicted octanol–water partition coefficient (Wildman–Crippen LogP) is 3.77. The first kappa shape index (κ1) is 14.6. The molecule has 98 valence electrons. The molecule has 0 aliphatic rings. The standard InChI is InChI=1S/C14H16F3N/c1-3-4-5-10-18-11(2)12-6-8-13(9-7-12)14(15,16)17/h6-9,11,18H,5,10H2,1-2H3. The summed E-state index contributed by atoms with van der Waals surface area (Å²) in [5.74, 6) is 5.71. The first-order valence-electron chi connectivity index (χ1n) is 5.75. The van der Waals surface area contributed by atoms with E-state index >= 15 is 0 Å². The van der Waals surface area contributed by atoms with Gasteiger partial charge >= 0.3 is 6.18 Å². The van der Waals surface area contributed by atoms with Gasteiger partial charge in [-0.05, 0) is 31.5 Å². The maximum atomic E-state index is 12.4. The second kappa shape index (κ2) is 6.46. The fraction of sp³-hybridized carbons (Fsp3) is 0.429. The van der Waals surface area contributed by atoms with Crippen LogP contribution in [-0.2, 0) is 6.18 Å². The van der Waals surface area contributed by atoms with Crippen molar-refractivity contribution in [2.24, 2.45) is 0 Å². The van der Waals surface area contributed by atoms with Crippen molar-refractivity contribution in [1.29, 1.82) is 0 Å². The number of rotatable bonds is 4. The molecule has 0 fully saturated rings. The maximum absolute atomic E-state index is 12.4. The Morgan fingerprint density at radius 1 is 1.22 bits per heavy atom. The highest BCUT2D eigenvalue weighted by Crippen LogP contribution is 2.29. The molecule has 0 bridgehead atoms. The van der Waals surface area contributed by atoms with Gasteiger partial charge in [-0.3, -0.25) is 0 Å². The van der Waals surface area contributed by atoms with E-state index in [1.807, 2.05) is 6.92 Å². The van der Waals surface area contributed by atoms with Crippen molar-refractivity contribution >= 4 is 0 Å². The Labute approximate surface area is 105 Å². The van der Waals surface area contributed by atoms with E-state index in [2.05, 4.69) is 17.2 Å². The average molecular weight is 255 g/mol. The third kappa shape index (κ3) is 4.42. The van der Waals surface area contributed by atoms with Crippen molar-refractivity contribution in [3.63, 3.8) is 0 Å². The number of alkyl halides is 3. The molecule has 0 aliphatic heterocycles. The Hall–Kier alpha value is -1.47. The fourth-order valence-electron chi connectivity index (χ4n) is 1.55. The van der Waals surface area contributed by atoms with Crippen molar-refractivity contribution in [2.75, 3.05) is 6.54 Å². The van der Waals surface area contributed by atoms with Crippen LogP contribution in [0.3, 0.4) is 0 Å². The van der Waals surface area contributed by atoms with Crippen molar-refractivity contribution in [3.05, 3.63) is 35.4 Å². The Balaban J connectivity index is 2.58. The molecule has 4 heteroatoms. The van der Waals surface area contributed by atoms with Gasteiger partial charge in [0.05, 0.1) is 5.56 Å². The van der Waals surface area contributed by atoms with Gasteiger partial charge in [-0.1, -0.05) is 12.1 Å². The Morgan fingerprint density at radius 3 is 2.33 bits per heavy atom. The zero-order chi connectivity index (χ0) is 13.6. The van der Waals surface area contributed by atoms with E-state index in [-0.39, 0.29) is 6.04 Å². The molecule has 0 radical (unpaired) electrons. The van der Waals surface area contributed by atoms with Crippen LogP contribution in [0.15, 0.2) is 24.3 Å². The lowest BCUT2D eigenvalue weighted by Gasteiger charge is -2.14. The van der Waals surface area contributed by atoms with Gasteiger partial charge in [-0.15, -0.1) is 11.8 Å². The van der Waals surface area contributed by atoms with E-state index in [9.17, 15) is 13.2 Å². The first-order chi connectivity index (χ1) is 8.45. The zero-order valence-electron chi connectivity index (χ0n) is 10.4. The smallest absolute Gasteiger partial charge is 0.309 e. The lowest BCUT2D eigenvalue weighted by Crippen LogP contribution is -2.19. The van der Waals surface area contributed by atoms with Crippen LogP contribution in [0.5, 0.6) is 0 Å². The highest BCUT2D eigenvalue weighted by atomic mass is 19.4. The molecule has 1 aromatic carbocycles. The van der Waals surface area contributed by atoms with Crippen molar-refractivity contribution in [2.45, 2.75) is 32.5 Å². The van der Waals surface area contributed by atoms with Crippen LogP contribution < -0.4 is 5.32 Å². The van der Waals surface area contributed by atoms with Gasteiger partial charge < -0.3 is 5.32 Å². The van der Waals surface area contributed by atoms with Crippen molar-refractivity contribution in [3.8, 4) is 11.8 Å². The van der Waals surface area contributed by atoms with E-state index in [1.54, 1.807) is 6.92 Å². The van der Waals surface area contributed by atoms with Gasteiger partial charge in [0, 0.05) is 19.0 Å². The number of hydrogen-bond acceptors (Lipinski definition) is 1. The van der Waals surface area contributed by atoms with Crippen LogP contribution in [0.25, 0.3) is 0 Å². The molecule has 18 heavy (non-hydrogen) atoms. The summed E-state index contributed by atoms with van der Waals surface area (Å²) in [6, 6.07) is 5.25. The molecular weight excluding hydrogens is 239 g/mol. The van der Waals surface area contributed by atoms with Gasteiger partial charge in [0.2, 0.25) is 0 Å². The molecule has 1 rings (SSSR count). The largest absolute Gasteiger partial charge is 0.416 e. The molecule has 0 saturated carbocycles. The van der Waals surface area contributed by atoms with E-state index in [0.29, 0.717) is 0 Å². The average Bonchev–Trinajstić information content (AvgIpc) is 2.33. The topological polar surface area (TPSA) is 12.0 Å². The van der Waals surface area contributed by atoms with E-state index in [1.165, 1.54) is 12.1 Å². The number of nitrogens with one attached hydrogen (secondary N) is 1. The first-order valence-corrected chi connectivity index (χ1v) is 5.75. The third-order valence-corrected chi connectivity index (χ3v) is 2.62. The van der Waals surface area contributed by atoms with Crippen LogP contribution in [0.4, 0.5) is 13.2 Å². The van der Waals surface area contributed by atoms with E-state index < -0.39 is 11.7 Å². The number of benzene rings is 1. The lowest BCUT2D eigenvalue weighted by molar-refractivity contribution is -0.137. The highest BCUT2D eigenvalue weighted by Gasteiger charge is 2.30. The number of hydrogen-bond donors (Lipinski definition) is 1. The molecule has 1 unspecified atom stereocenters. The van der Waals surface area contributed by atoms with Crippen LogP contribution in [0.1, 0.15) is 37.4 Å². The summed E-state index contributed by atoms with van der Waals surface area (Å²) in [5, 5.41) is 3.21. The minimum absolute atomic E-state index is 0.0194. The molecule has 1 aromatic rings. The van der Waals surface area contributed by atoms with Crippen molar-refractivity contribution < 1.29 is 13.2 Å². The molecule has 0 aliphatic carbocycles. The summed E-state index contributed by atoms with van der Waals surface area (Å²) < 4.78 is 37.1. The van der Waals surface area contributed by atoms with Gasteiger partial charge in [-0.25, -0.2) is 0 Å². The molecule has 0 aromatic heterocycles. The Kier molecular flexibility index (Phi) is 5.24. The van der Waals surface area contributed by atoms with Crippen LogP contribution >= 0.6 is 0 Å². The molecule has 1 atom stereocenters. The second-order valence-electron chi connectivity index (χ2n) is 3.97. The predicted molar refractivity (Wildman–Crippen MR) is 65.9 cm³/mol. The van der Waals surface area contributed by atoms with Gasteiger partial charge in [0.15, 0.2) is 0 Å². The SMILES string of the molecule is CC#CCCNC(C)c1ccc(C(F)(F)F)cc1. The van der Waals surface area contributed by atoms with Crippen LogP contribution in [0, 0.1) is 11.8 Å². The summed E-state index contributed by atoms with van der Waals surface area (Å²) in [6.45, 7) is 4.42. The third-order valence-electron chi connectivity index (χ3n) is 2.62. The minimum Gasteiger partial charge on any atom is -0.309 e. The Bertz CT molecular complexity index is 423. The van der Waals surface area contributed by atoms with Crippen molar-refractivity contribution in [1.82, 2.24) is 5.32 Å². The summed E-state index contributed by atoms with van der Waals surface area (Å²) >= 11 is 0. The molecule has 0 saturated heterocycles. The van der Waals surface area contributed by atoms with Gasteiger partial charge in [0.25, 0.3) is 0 Å². The molecule has 0 spiro atoms. The minimum atomic E-state index is -4.27. The number of halogens is 3. The summed E-state index contributed by atoms with van der Waals surface area (Å²) in [6.07, 6.45) is -3.53. The van der Waals surface area contributed by atoms with E-state index in [0.717, 1.165) is 30.7 Å². The maximum Gasteiger partial charge on any atom is 0.416 e. The molecular formula is C14H16F3N. The normalized spacial score (nSPS) is 12.7. The molecule has 1 N–H and O–H groups in total. The monoisotopic (exact) mass is 255 g/mol. The quantitative estimate of drug-likeness (QED) is 0.638. The lowest BCUT2D eigenvalue weighted by atomic mass is 10.1. The molecule has 0 amide bonds. The Morgan fingerprint density at radius 2 is 1.83 bits per heavy atom. The summed E-state index contributed by atoms with van der Waals surface area (Å²) in [7, 11) is 0. The fourth-order valence-corrected chi connectivity index (χ4v) is 1.55. The zero-order valence-corrected chi connectivity index (χ0v) is 10.4. The summed E-state index contributed by atoms with van der Waals surface area (Å²) in [4.78, 5) is 0. The van der Waals surface area contributed by atoms with E-state index in [4.69, 9.17) is 0 Å². The highest BCUT2D eigenvalue weighted by molar-refractivity contribution is 5.26. The van der Waals surface area contributed by atoms with Gasteiger partial charge in [-0.2, -0.15) is 13.2 Å². The molecule has 1 nitrogen and oxygen atoms in total.